The smallest absolute Gasteiger partial charge is 0.0619 e. The Morgan fingerprint density at radius 1 is 0.406 bits per heavy atom. The zero-order chi connectivity index (χ0) is 43.7. The maximum absolute atomic E-state index is 3.46. The minimum absolute atomic E-state index is 1.15. The van der Waals surface area contributed by atoms with Crippen molar-refractivity contribution >= 4 is 76.2 Å². The molecule has 0 atom stereocenters. The number of allylic oxidation sites excluding steroid dienone is 4. The molecule has 3 heterocycles. The molecule has 0 aliphatic rings. The Bertz CT molecular complexity index is 3720. The molecule has 3 heteroatoms. The molecule has 0 spiro atoms. The largest absolute Gasteiger partial charge is 0.344 e. The first-order chi connectivity index (χ1) is 31.5. The average molecular weight is 824 g/mol. The van der Waals surface area contributed by atoms with Crippen LogP contribution >= 0.6 is 0 Å². The molecule has 3 aromatic heterocycles. The Kier molecular flexibility index (Phi) is 10.6. The van der Waals surface area contributed by atoms with Gasteiger partial charge in [-0.2, -0.15) is 0 Å². The Hall–Kier alpha value is -8.14. The lowest BCUT2D eigenvalue weighted by atomic mass is 9.98. The van der Waals surface area contributed by atoms with Gasteiger partial charge < -0.3 is 13.7 Å². The number of aryl methyl sites for hydroxylation is 1. The first-order valence-corrected chi connectivity index (χ1v) is 22.0. The van der Waals surface area contributed by atoms with Gasteiger partial charge in [-0.1, -0.05) is 152 Å². The van der Waals surface area contributed by atoms with Crippen molar-refractivity contribution in [3.63, 3.8) is 0 Å². The van der Waals surface area contributed by atoms with Crippen LogP contribution in [0.25, 0.3) is 110 Å². The Morgan fingerprint density at radius 3 is 1.61 bits per heavy atom. The molecule has 3 nitrogen and oxygen atoms in total. The highest BCUT2D eigenvalue weighted by molar-refractivity contribution is 6.22. The summed E-state index contributed by atoms with van der Waals surface area (Å²) in [4.78, 5) is 0. The number of fused-ring (bicyclic) bond motifs is 11. The van der Waals surface area contributed by atoms with Crippen LogP contribution in [-0.2, 0) is 7.05 Å². The Balaban J connectivity index is 0.000000562. The molecule has 0 aliphatic heterocycles. The van der Waals surface area contributed by atoms with Crippen molar-refractivity contribution in [3.05, 3.63) is 232 Å². The molecular formula is C61H49N3. The molecule has 0 N–H and O–H groups in total. The standard InChI is InChI=1S/C53H35N3.C5H8.C3H6/c1-54-47-27-24-36(32-46(47)52-40-18-9-8-13-34(40)23-30-51(52)54)35-25-28-50-45(31-35)43-21-12-20-41(53(43)56(50)39-16-6-3-7-17-39)37-26-29-49-44(33-37)42-19-10-11-22-48(42)55(49)38-14-4-2-5-15-38;1-3-5-4-2;1-3-2/h2-33H,1H3;3-5H,1H2,2H3;3H,1H2,2H3/b;5-4-;. The van der Waals surface area contributed by atoms with E-state index in [4.69, 9.17) is 0 Å². The van der Waals surface area contributed by atoms with E-state index in [9.17, 15) is 0 Å². The van der Waals surface area contributed by atoms with Gasteiger partial charge in [0.2, 0.25) is 0 Å². The van der Waals surface area contributed by atoms with E-state index in [2.05, 4.69) is 228 Å². The lowest BCUT2D eigenvalue weighted by Gasteiger charge is -2.12. The monoisotopic (exact) mass is 823 g/mol. The van der Waals surface area contributed by atoms with Crippen molar-refractivity contribution in [2.45, 2.75) is 13.8 Å². The fourth-order valence-corrected chi connectivity index (χ4v) is 9.62. The molecule has 0 saturated carbocycles. The van der Waals surface area contributed by atoms with Crippen molar-refractivity contribution < 1.29 is 0 Å². The van der Waals surface area contributed by atoms with E-state index in [1.165, 1.54) is 104 Å². The van der Waals surface area contributed by atoms with Crippen LogP contribution in [0.2, 0.25) is 0 Å². The van der Waals surface area contributed by atoms with Gasteiger partial charge in [0.05, 0.1) is 22.1 Å². The van der Waals surface area contributed by atoms with Crippen LogP contribution in [0.5, 0.6) is 0 Å². The van der Waals surface area contributed by atoms with Crippen LogP contribution in [0.15, 0.2) is 232 Å². The summed E-state index contributed by atoms with van der Waals surface area (Å²) in [7, 11) is 2.18. The molecule has 12 rings (SSSR count). The van der Waals surface area contributed by atoms with Crippen LogP contribution in [0.4, 0.5) is 0 Å². The number of para-hydroxylation sites is 4. The minimum Gasteiger partial charge on any atom is -0.344 e. The molecule has 0 unspecified atom stereocenters. The Labute approximate surface area is 374 Å². The van der Waals surface area contributed by atoms with Gasteiger partial charge in [0.1, 0.15) is 0 Å². The first kappa shape index (κ1) is 40.0. The number of hydrogen-bond acceptors (Lipinski definition) is 0. The van der Waals surface area contributed by atoms with Gasteiger partial charge in [0.25, 0.3) is 0 Å². The van der Waals surface area contributed by atoms with Gasteiger partial charge in [0.15, 0.2) is 0 Å². The van der Waals surface area contributed by atoms with Gasteiger partial charge in [0, 0.05) is 67.3 Å². The number of aromatic nitrogens is 3. The van der Waals surface area contributed by atoms with E-state index in [-0.39, 0.29) is 0 Å². The van der Waals surface area contributed by atoms with Crippen LogP contribution in [0.1, 0.15) is 13.8 Å². The van der Waals surface area contributed by atoms with Gasteiger partial charge in [-0.15, -0.1) is 6.58 Å². The quantitative estimate of drug-likeness (QED) is 0.121. The summed E-state index contributed by atoms with van der Waals surface area (Å²) in [6, 6.07) is 71.3. The van der Waals surface area contributed by atoms with Gasteiger partial charge in [-0.3, -0.25) is 0 Å². The SMILES string of the molecule is C=C/C=C\C.C=CC.Cn1c2ccc(-c3ccc4c(c3)c3cccc(-c5ccc6c(c5)c5ccccc5n6-c5ccccc5)c3n4-c3ccccc3)cc2c2c3ccccc3ccc21. The topological polar surface area (TPSA) is 14.8 Å². The molecule has 0 saturated heterocycles. The molecule has 0 bridgehead atoms. The fraction of sp³-hybridized carbons (Fsp3) is 0.0492. The maximum atomic E-state index is 3.46. The molecule has 308 valence electrons. The number of nitrogens with zero attached hydrogens (tertiary/aromatic N) is 3. The normalized spacial score (nSPS) is 11.4. The van der Waals surface area contributed by atoms with E-state index in [0.717, 1.165) is 5.69 Å². The van der Waals surface area contributed by atoms with Crippen molar-refractivity contribution in [1.29, 1.82) is 0 Å². The lowest BCUT2D eigenvalue weighted by molar-refractivity contribution is 1.01. The summed E-state index contributed by atoms with van der Waals surface area (Å²) < 4.78 is 7.17. The van der Waals surface area contributed by atoms with Crippen molar-refractivity contribution in [2.24, 2.45) is 7.05 Å². The van der Waals surface area contributed by atoms with E-state index in [1.54, 1.807) is 12.2 Å². The van der Waals surface area contributed by atoms with Crippen LogP contribution in [0.3, 0.4) is 0 Å². The third-order valence-electron chi connectivity index (χ3n) is 12.4. The summed E-state index contributed by atoms with van der Waals surface area (Å²) in [6.45, 7) is 10.7. The fourth-order valence-electron chi connectivity index (χ4n) is 9.62. The van der Waals surface area contributed by atoms with Crippen LogP contribution in [-0.4, -0.2) is 13.7 Å². The second-order valence-electron chi connectivity index (χ2n) is 16.2. The minimum atomic E-state index is 1.15. The lowest BCUT2D eigenvalue weighted by Crippen LogP contribution is -1.95. The van der Waals surface area contributed by atoms with Gasteiger partial charge in [-0.05, 0) is 114 Å². The van der Waals surface area contributed by atoms with Crippen LogP contribution in [0, 0.1) is 0 Å². The molecule has 0 radical (unpaired) electrons. The van der Waals surface area contributed by atoms with Gasteiger partial charge in [-0.25, -0.2) is 0 Å². The molecule has 9 aromatic carbocycles. The second kappa shape index (κ2) is 17.0. The predicted octanol–water partition coefficient (Wildman–Crippen LogP) is 17.0. The van der Waals surface area contributed by atoms with E-state index in [1.807, 2.05) is 26.0 Å². The Morgan fingerprint density at radius 2 is 0.922 bits per heavy atom. The first-order valence-electron chi connectivity index (χ1n) is 22.0. The molecule has 0 amide bonds. The maximum Gasteiger partial charge on any atom is 0.0619 e. The highest BCUT2D eigenvalue weighted by Gasteiger charge is 2.20. The highest BCUT2D eigenvalue weighted by atomic mass is 15.0. The third-order valence-corrected chi connectivity index (χ3v) is 12.4. The van der Waals surface area contributed by atoms with E-state index in [0.29, 0.717) is 0 Å². The average Bonchev–Trinajstić information content (AvgIpc) is 3.97. The molecular weight excluding hydrogens is 775 g/mol. The summed E-state index contributed by atoms with van der Waals surface area (Å²) in [5, 5.41) is 10.2. The van der Waals surface area contributed by atoms with Gasteiger partial charge >= 0.3 is 0 Å². The second-order valence-corrected chi connectivity index (χ2v) is 16.2. The summed E-state index contributed by atoms with van der Waals surface area (Å²) >= 11 is 0. The van der Waals surface area contributed by atoms with Crippen molar-refractivity contribution in [3.8, 4) is 33.6 Å². The highest BCUT2D eigenvalue weighted by Crippen LogP contribution is 2.43. The number of rotatable bonds is 5. The van der Waals surface area contributed by atoms with E-state index >= 15 is 0 Å². The number of benzene rings is 9. The molecule has 0 fully saturated rings. The van der Waals surface area contributed by atoms with Crippen molar-refractivity contribution in [1.82, 2.24) is 13.7 Å². The zero-order valence-electron chi connectivity index (χ0n) is 36.5. The molecule has 12 aromatic rings. The van der Waals surface area contributed by atoms with Crippen molar-refractivity contribution in [2.75, 3.05) is 0 Å². The summed E-state index contributed by atoms with van der Waals surface area (Å²) in [6.07, 6.45) is 7.33. The zero-order valence-corrected chi connectivity index (χ0v) is 36.5. The third kappa shape index (κ3) is 6.70. The molecule has 0 aliphatic carbocycles. The van der Waals surface area contributed by atoms with Crippen LogP contribution < -0.4 is 0 Å². The van der Waals surface area contributed by atoms with E-state index < -0.39 is 0 Å². The summed E-state index contributed by atoms with van der Waals surface area (Å²) in [5.74, 6) is 0. The number of hydrogen-bond donors (Lipinski definition) is 0. The summed E-state index contributed by atoms with van der Waals surface area (Å²) in [5.41, 5.74) is 14.5. The predicted molar refractivity (Wildman–Crippen MR) is 278 cm³/mol. The molecule has 64 heavy (non-hydrogen) atoms.